The molecule has 5 nitrogen and oxygen atoms in total. The Hall–Kier alpha value is -2.70. The van der Waals surface area contributed by atoms with Crippen LogP contribution in [0.5, 0.6) is 0 Å². The fourth-order valence-corrected chi connectivity index (χ4v) is 4.43. The third-order valence-electron chi connectivity index (χ3n) is 4.64. The third kappa shape index (κ3) is 4.08. The summed E-state index contributed by atoms with van der Waals surface area (Å²) in [5.74, 6) is -0.609. The number of nitrogens with zero attached hydrogens (tertiary/aromatic N) is 1. The molecule has 28 heavy (non-hydrogen) atoms. The number of aryl methyl sites for hydroxylation is 1. The Morgan fingerprint density at radius 3 is 2.54 bits per heavy atom. The fraction of sp³-hybridized carbons (Fsp3) is 0.190. The minimum atomic E-state index is -0.304. The number of aromatic nitrogens is 1. The van der Waals surface area contributed by atoms with Gasteiger partial charge >= 0.3 is 0 Å². The third-order valence-corrected chi connectivity index (χ3v) is 5.94. The number of nitrogens with one attached hydrogen (secondary N) is 2. The standard InChI is InChI=1S/C21H18ClN3O2S/c22-14-11-9-13(10-12-14)19(26)25-21-24-18-16(7-4-8-17(18)28-21)20(27)23-15-5-2-1-3-6-15/h1-3,5-6,9-12,16H,4,7-8H2,(H,23,27)(H,24,25,26). The van der Waals surface area contributed by atoms with E-state index in [1.54, 1.807) is 24.3 Å². The highest BCUT2D eigenvalue weighted by atomic mass is 35.5. The molecule has 1 aromatic heterocycles. The average molecular weight is 412 g/mol. The molecule has 0 saturated carbocycles. The first-order valence-electron chi connectivity index (χ1n) is 9.02. The molecular formula is C21H18ClN3O2S. The molecule has 0 radical (unpaired) electrons. The molecule has 142 valence electrons. The number of amides is 2. The van der Waals surface area contributed by atoms with Crippen molar-refractivity contribution in [2.75, 3.05) is 10.6 Å². The van der Waals surface area contributed by atoms with Crippen molar-refractivity contribution < 1.29 is 9.59 Å². The van der Waals surface area contributed by atoms with Crippen molar-refractivity contribution in [2.24, 2.45) is 0 Å². The van der Waals surface area contributed by atoms with Crippen LogP contribution in [0.15, 0.2) is 54.6 Å². The summed E-state index contributed by atoms with van der Waals surface area (Å²) in [7, 11) is 0. The van der Waals surface area contributed by atoms with Gasteiger partial charge in [-0.15, -0.1) is 11.3 Å². The van der Waals surface area contributed by atoms with Gasteiger partial charge < -0.3 is 5.32 Å². The Balaban J connectivity index is 1.50. The number of para-hydroxylation sites is 1. The molecule has 2 amide bonds. The maximum Gasteiger partial charge on any atom is 0.257 e. The van der Waals surface area contributed by atoms with E-state index in [0.29, 0.717) is 15.7 Å². The number of carbonyl (C=O) groups excluding carboxylic acids is 2. The molecule has 2 aromatic carbocycles. The molecule has 0 saturated heterocycles. The number of halogens is 1. The van der Waals surface area contributed by atoms with Crippen LogP contribution in [0.2, 0.25) is 5.02 Å². The first kappa shape index (κ1) is 18.7. The number of carbonyl (C=O) groups is 2. The number of benzene rings is 2. The lowest BCUT2D eigenvalue weighted by Gasteiger charge is -2.20. The van der Waals surface area contributed by atoms with E-state index in [9.17, 15) is 9.59 Å². The Morgan fingerprint density at radius 2 is 1.79 bits per heavy atom. The summed E-state index contributed by atoms with van der Waals surface area (Å²) in [4.78, 5) is 30.8. The van der Waals surface area contributed by atoms with Gasteiger partial charge in [0.25, 0.3) is 5.91 Å². The predicted octanol–water partition coefficient (Wildman–Crippen LogP) is 5.11. The van der Waals surface area contributed by atoms with Gasteiger partial charge in [-0.2, -0.15) is 0 Å². The van der Waals surface area contributed by atoms with E-state index in [2.05, 4.69) is 15.6 Å². The number of fused-ring (bicyclic) bond motifs is 1. The molecule has 7 heteroatoms. The van der Waals surface area contributed by atoms with E-state index in [0.717, 1.165) is 35.5 Å². The van der Waals surface area contributed by atoms with Crippen LogP contribution in [0.1, 0.15) is 39.7 Å². The maximum absolute atomic E-state index is 12.8. The summed E-state index contributed by atoms with van der Waals surface area (Å²) >= 11 is 7.31. The Labute approximate surface area is 171 Å². The topological polar surface area (TPSA) is 71.1 Å². The fourth-order valence-electron chi connectivity index (χ4n) is 3.25. The number of hydrogen-bond acceptors (Lipinski definition) is 4. The smallest absolute Gasteiger partial charge is 0.257 e. The highest BCUT2D eigenvalue weighted by Gasteiger charge is 2.30. The number of rotatable bonds is 4. The molecule has 0 aliphatic heterocycles. The summed E-state index contributed by atoms with van der Waals surface area (Å²) in [5, 5.41) is 6.89. The number of anilines is 2. The van der Waals surface area contributed by atoms with E-state index in [-0.39, 0.29) is 17.7 Å². The van der Waals surface area contributed by atoms with Crippen LogP contribution in [-0.2, 0) is 11.2 Å². The summed E-state index contributed by atoms with van der Waals surface area (Å²) in [6, 6.07) is 16.1. The maximum atomic E-state index is 12.8. The lowest BCUT2D eigenvalue weighted by Crippen LogP contribution is -2.24. The van der Waals surface area contributed by atoms with Crippen LogP contribution >= 0.6 is 22.9 Å². The number of hydrogen-bond donors (Lipinski definition) is 2. The van der Waals surface area contributed by atoms with E-state index in [4.69, 9.17) is 11.6 Å². The van der Waals surface area contributed by atoms with E-state index in [1.165, 1.54) is 11.3 Å². The molecule has 0 spiro atoms. The van der Waals surface area contributed by atoms with Gasteiger partial charge in [0.1, 0.15) is 0 Å². The molecule has 2 N–H and O–H groups in total. The molecule has 1 atom stereocenters. The van der Waals surface area contributed by atoms with Gasteiger partial charge in [0.2, 0.25) is 5.91 Å². The second-order valence-corrected chi connectivity index (χ2v) is 8.11. The van der Waals surface area contributed by atoms with Crippen molar-refractivity contribution in [2.45, 2.75) is 25.2 Å². The Bertz CT molecular complexity index is 1000. The van der Waals surface area contributed by atoms with Crippen molar-refractivity contribution in [1.29, 1.82) is 0 Å². The second-order valence-electron chi connectivity index (χ2n) is 6.59. The van der Waals surface area contributed by atoms with Gasteiger partial charge in [0.05, 0.1) is 11.6 Å². The Morgan fingerprint density at radius 1 is 1.04 bits per heavy atom. The first-order chi connectivity index (χ1) is 13.6. The van der Waals surface area contributed by atoms with Gasteiger partial charge in [-0.25, -0.2) is 4.98 Å². The zero-order valence-corrected chi connectivity index (χ0v) is 16.5. The van der Waals surface area contributed by atoms with Gasteiger partial charge in [-0.3, -0.25) is 14.9 Å². The molecule has 1 heterocycles. The van der Waals surface area contributed by atoms with E-state index in [1.807, 2.05) is 30.3 Å². The molecule has 1 aliphatic rings. The van der Waals surface area contributed by atoms with Crippen molar-refractivity contribution >= 4 is 45.6 Å². The molecule has 1 unspecified atom stereocenters. The number of thiazole rings is 1. The summed E-state index contributed by atoms with van der Waals surface area (Å²) in [6.45, 7) is 0. The molecular weight excluding hydrogens is 394 g/mol. The van der Waals surface area contributed by atoms with Crippen molar-refractivity contribution in [3.05, 3.63) is 75.8 Å². The largest absolute Gasteiger partial charge is 0.326 e. The van der Waals surface area contributed by atoms with Gasteiger partial charge in [0, 0.05) is 21.2 Å². The van der Waals surface area contributed by atoms with Gasteiger partial charge in [0.15, 0.2) is 5.13 Å². The van der Waals surface area contributed by atoms with Crippen molar-refractivity contribution in [3.63, 3.8) is 0 Å². The lowest BCUT2D eigenvalue weighted by molar-refractivity contribution is -0.117. The minimum absolute atomic E-state index is 0.0620. The van der Waals surface area contributed by atoms with Crippen LogP contribution in [0.3, 0.4) is 0 Å². The molecule has 0 fully saturated rings. The normalized spacial score (nSPS) is 15.5. The minimum Gasteiger partial charge on any atom is -0.326 e. The van der Waals surface area contributed by atoms with Crippen molar-refractivity contribution in [1.82, 2.24) is 4.98 Å². The quantitative estimate of drug-likeness (QED) is 0.626. The average Bonchev–Trinajstić information content (AvgIpc) is 3.11. The predicted molar refractivity (Wildman–Crippen MR) is 112 cm³/mol. The van der Waals surface area contributed by atoms with E-state index < -0.39 is 0 Å². The van der Waals surface area contributed by atoms with Crippen LogP contribution in [0.4, 0.5) is 10.8 Å². The molecule has 3 aromatic rings. The molecule has 1 aliphatic carbocycles. The van der Waals surface area contributed by atoms with Crippen LogP contribution in [-0.4, -0.2) is 16.8 Å². The first-order valence-corrected chi connectivity index (χ1v) is 10.2. The summed E-state index contributed by atoms with van der Waals surface area (Å²) in [5.41, 5.74) is 2.05. The Kier molecular flexibility index (Phi) is 5.41. The summed E-state index contributed by atoms with van der Waals surface area (Å²) in [6.07, 6.45) is 2.55. The lowest BCUT2D eigenvalue weighted by atomic mass is 9.90. The van der Waals surface area contributed by atoms with E-state index >= 15 is 0 Å². The van der Waals surface area contributed by atoms with Crippen LogP contribution in [0, 0.1) is 0 Å². The van der Waals surface area contributed by atoms with Gasteiger partial charge in [-0.1, -0.05) is 29.8 Å². The second kappa shape index (κ2) is 8.12. The zero-order valence-electron chi connectivity index (χ0n) is 14.9. The molecule has 0 bridgehead atoms. The van der Waals surface area contributed by atoms with Crippen LogP contribution < -0.4 is 10.6 Å². The monoisotopic (exact) mass is 411 g/mol. The zero-order chi connectivity index (χ0) is 19.5. The van der Waals surface area contributed by atoms with Crippen LogP contribution in [0.25, 0.3) is 0 Å². The highest BCUT2D eigenvalue weighted by Crippen LogP contribution is 2.37. The summed E-state index contributed by atoms with van der Waals surface area (Å²) < 4.78 is 0. The van der Waals surface area contributed by atoms with Crippen molar-refractivity contribution in [3.8, 4) is 0 Å². The highest BCUT2D eigenvalue weighted by molar-refractivity contribution is 7.16. The SMILES string of the molecule is O=C(Nc1nc2c(s1)CCCC2C(=O)Nc1ccccc1)c1ccc(Cl)cc1. The van der Waals surface area contributed by atoms with Gasteiger partial charge in [-0.05, 0) is 55.7 Å². The molecule has 4 rings (SSSR count).